The Morgan fingerprint density at radius 1 is 1.56 bits per heavy atom. The summed E-state index contributed by atoms with van der Waals surface area (Å²) >= 11 is 0. The van der Waals surface area contributed by atoms with Crippen LogP contribution in [0.4, 0.5) is 4.39 Å². The Kier molecular flexibility index (Phi) is 3.15. The highest BCUT2D eigenvalue weighted by Gasteiger charge is 2.39. The fourth-order valence-corrected chi connectivity index (χ4v) is 2.33. The normalized spacial score (nSPS) is 29.3. The zero-order chi connectivity index (χ0) is 11.6. The number of ether oxygens (including phenoxy) is 1. The van der Waals surface area contributed by atoms with Crippen molar-refractivity contribution in [2.75, 3.05) is 6.61 Å². The van der Waals surface area contributed by atoms with Crippen molar-refractivity contribution in [2.24, 2.45) is 5.73 Å². The van der Waals surface area contributed by atoms with E-state index < -0.39 is 5.67 Å². The zero-order valence-electron chi connectivity index (χ0n) is 9.58. The molecule has 2 nitrogen and oxygen atoms in total. The van der Waals surface area contributed by atoms with Crippen molar-refractivity contribution in [3.63, 3.8) is 0 Å². The van der Waals surface area contributed by atoms with Gasteiger partial charge in [0.25, 0.3) is 0 Å². The van der Waals surface area contributed by atoms with E-state index in [0.29, 0.717) is 25.0 Å². The van der Waals surface area contributed by atoms with E-state index in [9.17, 15) is 4.39 Å². The van der Waals surface area contributed by atoms with Crippen LogP contribution in [0.3, 0.4) is 0 Å². The molecule has 2 atom stereocenters. The molecule has 0 amide bonds. The first-order valence-electron chi connectivity index (χ1n) is 5.82. The van der Waals surface area contributed by atoms with Crippen LogP contribution in [0, 0.1) is 0 Å². The number of rotatable bonds is 3. The van der Waals surface area contributed by atoms with Crippen LogP contribution < -0.4 is 10.5 Å². The van der Waals surface area contributed by atoms with Gasteiger partial charge in [-0.25, -0.2) is 4.39 Å². The van der Waals surface area contributed by atoms with Crippen LogP contribution in [-0.2, 0) is 5.67 Å². The summed E-state index contributed by atoms with van der Waals surface area (Å²) < 4.78 is 20.0. The largest absolute Gasteiger partial charge is 0.494 e. The van der Waals surface area contributed by atoms with Crippen molar-refractivity contribution < 1.29 is 9.13 Å². The van der Waals surface area contributed by atoms with Gasteiger partial charge in [-0.3, -0.25) is 0 Å². The van der Waals surface area contributed by atoms with Gasteiger partial charge in [-0.05, 0) is 37.5 Å². The molecule has 1 fully saturated rings. The van der Waals surface area contributed by atoms with Gasteiger partial charge in [0.05, 0.1) is 6.61 Å². The summed E-state index contributed by atoms with van der Waals surface area (Å²) in [6.45, 7) is 2.52. The molecule has 0 spiro atoms. The van der Waals surface area contributed by atoms with Crippen molar-refractivity contribution in [3.05, 3.63) is 29.8 Å². The van der Waals surface area contributed by atoms with E-state index in [2.05, 4.69) is 0 Å². The summed E-state index contributed by atoms with van der Waals surface area (Å²) in [6, 6.07) is 7.29. The van der Waals surface area contributed by atoms with E-state index in [1.165, 1.54) is 0 Å². The third-order valence-corrected chi connectivity index (χ3v) is 3.16. The quantitative estimate of drug-likeness (QED) is 0.855. The van der Waals surface area contributed by atoms with Crippen molar-refractivity contribution in [3.8, 4) is 5.75 Å². The predicted octanol–water partition coefficient (Wildman–Crippen LogP) is 2.76. The summed E-state index contributed by atoms with van der Waals surface area (Å²) in [4.78, 5) is 0. The molecule has 1 aromatic carbocycles. The van der Waals surface area contributed by atoms with Crippen LogP contribution in [0.15, 0.2) is 24.3 Å². The molecule has 0 heterocycles. The molecule has 0 saturated heterocycles. The molecule has 1 saturated carbocycles. The van der Waals surface area contributed by atoms with E-state index in [0.717, 1.165) is 12.2 Å². The number of hydrogen-bond acceptors (Lipinski definition) is 2. The summed E-state index contributed by atoms with van der Waals surface area (Å²) in [7, 11) is 0. The van der Waals surface area contributed by atoms with E-state index in [1.54, 1.807) is 6.07 Å². The lowest BCUT2D eigenvalue weighted by Gasteiger charge is -2.20. The van der Waals surface area contributed by atoms with E-state index in [4.69, 9.17) is 10.5 Å². The first kappa shape index (κ1) is 11.4. The number of halogens is 1. The molecule has 1 aliphatic rings. The van der Waals surface area contributed by atoms with Crippen LogP contribution in [0.25, 0.3) is 0 Å². The van der Waals surface area contributed by atoms with Crippen LogP contribution in [0.1, 0.15) is 31.7 Å². The second kappa shape index (κ2) is 4.42. The topological polar surface area (TPSA) is 35.2 Å². The van der Waals surface area contributed by atoms with Crippen LogP contribution >= 0.6 is 0 Å². The first-order chi connectivity index (χ1) is 7.64. The third-order valence-electron chi connectivity index (χ3n) is 3.16. The molecule has 2 N–H and O–H groups in total. The van der Waals surface area contributed by atoms with Crippen LogP contribution in [0.5, 0.6) is 5.75 Å². The SMILES string of the molecule is CCOc1cccc(C2(F)CCC(N)C2)c1. The molecule has 0 bridgehead atoms. The molecule has 0 aromatic heterocycles. The summed E-state index contributed by atoms with van der Waals surface area (Å²) in [5, 5.41) is 0. The Labute approximate surface area is 95.6 Å². The minimum Gasteiger partial charge on any atom is -0.494 e. The highest BCUT2D eigenvalue weighted by Crippen LogP contribution is 2.42. The van der Waals surface area contributed by atoms with Gasteiger partial charge in [-0.1, -0.05) is 12.1 Å². The minimum absolute atomic E-state index is 0.0132. The second-order valence-electron chi connectivity index (χ2n) is 4.43. The van der Waals surface area contributed by atoms with Crippen molar-refractivity contribution >= 4 is 0 Å². The molecule has 0 aliphatic heterocycles. The van der Waals surface area contributed by atoms with E-state index in [-0.39, 0.29) is 6.04 Å². The number of nitrogens with two attached hydrogens (primary N) is 1. The standard InChI is InChI=1S/C13H18FNO/c1-2-16-12-5-3-4-10(8-12)13(14)7-6-11(15)9-13/h3-5,8,11H,2,6-7,9,15H2,1H3. The summed E-state index contributed by atoms with van der Waals surface area (Å²) in [6.07, 6.45) is 1.70. The average Bonchev–Trinajstić information content (AvgIpc) is 2.61. The van der Waals surface area contributed by atoms with Crippen LogP contribution in [0.2, 0.25) is 0 Å². The number of benzene rings is 1. The number of alkyl halides is 1. The summed E-state index contributed by atoms with van der Waals surface area (Å²) in [5.74, 6) is 0.734. The van der Waals surface area contributed by atoms with Gasteiger partial charge in [0.2, 0.25) is 0 Å². The molecular weight excluding hydrogens is 205 g/mol. The molecule has 1 aromatic rings. The van der Waals surface area contributed by atoms with E-state index in [1.807, 2.05) is 25.1 Å². The Bertz CT molecular complexity index is 369. The lowest BCUT2D eigenvalue weighted by molar-refractivity contribution is 0.171. The van der Waals surface area contributed by atoms with Gasteiger partial charge in [-0.2, -0.15) is 0 Å². The minimum atomic E-state index is -1.26. The highest BCUT2D eigenvalue weighted by atomic mass is 19.1. The molecular formula is C13H18FNO. The van der Waals surface area contributed by atoms with E-state index >= 15 is 0 Å². The van der Waals surface area contributed by atoms with Gasteiger partial charge in [0, 0.05) is 12.5 Å². The van der Waals surface area contributed by atoms with Crippen molar-refractivity contribution in [2.45, 2.75) is 37.9 Å². The monoisotopic (exact) mass is 223 g/mol. The molecule has 88 valence electrons. The zero-order valence-corrected chi connectivity index (χ0v) is 9.58. The van der Waals surface area contributed by atoms with Gasteiger partial charge in [0.1, 0.15) is 11.4 Å². The van der Waals surface area contributed by atoms with Gasteiger partial charge >= 0.3 is 0 Å². The second-order valence-corrected chi connectivity index (χ2v) is 4.43. The first-order valence-corrected chi connectivity index (χ1v) is 5.82. The lowest BCUT2D eigenvalue weighted by Crippen LogP contribution is -2.21. The Hall–Kier alpha value is -1.09. The fraction of sp³-hybridized carbons (Fsp3) is 0.538. The maximum Gasteiger partial charge on any atom is 0.137 e. The average molecular weight is 223 g/mol. The Morgan fingerprint density at radius 3 is 3.00 bits per heavy atom. The van der Waals surface area contributed by atoms with Crippen molar-refractivity contribution in [1.29, 1.82) is 0 Å². The summed E-state index contributed by atoms with van der Waals surface area (Å²) in [5.41, 5.74) is 5.22. The van der Waals surface area contributed by atoms with Gasteiger partial charge in [-0.15, -0.1) is 0 Å². The predicted molar refractivity (Wildman–Crippen MR) is 62.2 cm³/mol. The lowest BCUT2D eigenvalue weighted by atomic mass is 9.94. The molecule has 3 heteroatoms. The fourth-order valence-electron chi connectivity index (χ4n) is 2.33. The molecule has 16 heavy (non-hydrogen) atoms. The molecule has 2 rings (SSSR count). The maximum absolute atomic E-state index is 14.6. The Morgan fingerprint density at radius 2 is 2.38 bits per heavy atom. The third kappa shape index (κ3) is 2.19. The van der Waals surface area contributed by atoms with Crippen molar-refractivity contribution in [1.82, 2.24) is 0 Å². The smallest absolute Gasteiger partial charge is 0.137 e. The van der Waals surface area contributed by atoms with Gasteiger partial charge < -0.3 is 10.5 Å². The Balaban J connectivity index is 2.22. The van der Waals surface area contributed by atoms with Crippen LogP contribution in [-0.4, -0.2) is 12.6 Å². The maximum atomic E-state index is 14.6. The number of hydrogen-bond donors (Lipinski definition) is 1. The highest BCUT2D eigenvalue weighted by molar-refractivity contribution is 5.33. The molecule has 0 radical (unpaired) electrons. The molecule has 2 unspecified atom stereocenters. The van der Waals surface area contributed by atoms with Gasteiger partial charge in [0.15, 0.2) is 0 Å². The molecule has 1 aliphatic carbocycles.